The van der Waals surface area contributed by atoms with E-state index in [1.807, 2.05) is 0 Å². The molecule has 0 radical (unpaired) electrons. The first-order chi connectivity index (χ1) is 14.1. The van der Waals surface area contributed by atoms with E-state index < -0.39 is 0 Å². The smallest absolute Gasteiger partial charge is 0.106 e. The molecule has 0 spiro atoms. The van der Waals surface area contributed by atoms with Gasteiger partial charge in [-0.05, 0) is 52.0 Å². The van der Waals surface area contributed by atoms with Gasteiger partial charge < -0.3 is 9.47 Å². The third kappa shape index (κ3) is 3.42. The summed E-state index contributed by atoms with van der Waals surface area (Å²) in [5, 5.41) is 0. The number of allylic oxidation sites excluding steroid dienone is 2. The Morgan fingerprint density at radius 1 is 1.10 bits per heavy atom. The minimum absolute atomic E-state index is 0.630. The highest BCUT2D eigenvalue weighted by Gasteiger charge is 2.42. The van der Waals surface area contributed by atoms with E-state index in [0.29, 0.717) is 18.1 Å². The Kier molecular flexibility index (Phi) is 4.99. The van der Waals surface area contributed by atoms with Crippen molar-refractivity contribution < 1.29 is 0 Å². The maximum Gasteiger partial charge on any atom is 0.106 e. The fraction of sp³-hybridized carbons (Fsp3) is 0.560. The van der Waals surface area contributed by atoms with Gasteiger partial charge in [-0.1, -0.05) is 36.4 Å². The average Bonchev–Trinajstić information content (AvgIpc) is 3.20. The molecule has 29 heavy (non-hydrogen) atoms. The van der Waals surface area contributed by atoms with Crippen molar-refractivity contribution in [3.05, 3.63) is 64.9 Å². The molecule has 154 valence electrons. The van der Waals surface area contributed by atoms with Crippen molar-refractivity contribution >= 4 is 0 Å². The van der Waals surface area contributed by atoms with Gasteiger partial charge in [0.1, 0.15) is 5.82 Å². The van der Waals surface area contributed by atoms with Crippen molar-refractivity contribution in [2.24, 2.45) is 0 Å². The second-order valence-electron chi connectivity index (χ2n) is 9.22. The van der Waals surface area contributed by atoms with E-state index in [4.69, 9.17) is 4.98 Å². The molecule has 4 heteroatoms. The molecule has 0 aliphatic carbocycles. The Bertz CT molecular complexity index is 883. The highest BCUT2D eigenvalue weighted by atomic mass is 15.3. The van der Waals surface area contributed by atoms with Crippen molar-refractivity contribution in [2.45, 2.75) is 84.1 Å². The van der Waals surface area contributed by atoms with Gasteiger partial charge in [-0.3, -0.25) is 4.90 Å². The van der Waals surface area contributed by atoms with Gasteiger partial charge in [0.25, 0.3) is 0 Å². The molecular formula is C25H34N4. The summed E-state index contributed by atoms with van der Waals surface area (Å²) >= 11 is 0. The quantitative estimate of drug-likeness (QED) is 0.746. The molecule has 2 aromatic rings. The van der Waals surface area contributed by atoms with Gasteiger partial charge in [-0.25, -0.2) is 4.98 Å². The first kappa shape index (κ1) is 18.9. The zero-order chi connectivity index (χ0) is 20.0. The Balaban J connectivity index is 1.34. The lowest BCUT2D eigenvalue weighted by molar-refractivity contribution is 0.141. The second-order valence-corrected chi connectivity index (χ2v) is 9.22. The second kappa shape index (κ2) is 7.64. The Morgan fingerprint density at radius 3 is 2.52 bits per heavy atom. The van der Waals surface area contributed by atoms with Crippen LogP contribution in [0.1, 0.15) is 68.3 Å². The topological polar surface area (TPSA) is 24.3 Å². The summed E-state index contributed by atoms with van der Waals surface area (Å²) < 4.78 is 2.64. The van der Waals surface area contributed by atoms with E-state index in [0.717, 1.165) is 26.1 Å². The molecule has 0 amide bonds. The average molecular weight is 391 g/mol. The van der Waals surface area contributed by atoms with Crippen LogP contribution in [-0.4, -0.2) is 38.0 Å². The first-order valence-electron chi connectivity index (χ1n) is 11.4. The fourth-order valence-electron chi connectivity index (χ4n) is 6.14. The molecule has 3 aliphatic rings. The van der Waals surface area contributed by atoms with Gasteiger partial charge >= 0.3 is 0 Å². The molecule has 2 atom stereocenters. The summed E-state index contributed by atoms with van der Waals surface area (Å²) in [6, 6.07) is 12.9. The lowest BCUT2D eigenvalue weighted by atomic mass is 9.95. The zero-order valence-electron chi connectivity index (χ0n) is 18.1. The summed E-state index contributed by atoms with van der Waals surface area (Å²) in [7, 11) is 0. The van der Waals surface area contributed by atoms with E-state index in [9.17, 15) is 0 Å². The SMILES string of the molecule is C/C=C(/C)N1C2CCC1CC(n1c(C)nc3c1CCN(Cc1ccccc1)C3)C2. The van der Waals surface area contributed by atoms with Crippen molar-refractivity contribution in [3.63, 3.8) is 0 Å². The number of hydrogen-bond acceptors (Lipinski definition) is 3. The number of fused-ring (bicyclic) bond motifs is 3. The third-order valence-corrected chi connectivity index (χ3v) is 7.45. The van der Waals surface area contributed by atoms with Crippen LogP contribution in [0.25, 0.3) is 0 Å². The number of imidazole rings is 1. The van der Waals surface area contributed by atoms with Crippen molar-refractivity contribution in [1.29, 1.82) is 0 Å². The number of aromatic nitrogens is 2. The number of aryl methyl sites for hydroxylation is 1. The lowest BCUT2D eigenvalue weighted by Crippen LogP contribution is -2.42. The molecule has 2 fully saturated rings. The Morgan fingerprint density at radius 2 is 1.83 bits per heavy atom. The zero-order valence-corrected chi connectivity index (χ0v) is 18.1. The van der Waals surface area contributed by atoms with Gasteiger partial charge in [0.2, 0.25) is 0 Å². The number of hydrogen-bond donors (Lipinski definition) is 0. The highest BCUT2D eigenvalue weighted by Crippen LogP contribution is 2.44. The summed E-state index contributed by atoms with van der Waals surface area (Å²) in [5.41, 5.74) is 5.71. The van der Waals surface area contributed by atoms with Gasteiger partial charge in [0.05, 0.1) is 5.69 Å². The molecule has 2 saturated heterocycles. The Labute approximate surface area is 175 Å². The minimum Gasteiger partial charge on any atom is -0.369 e. The van der Waals surface area contributed by atoms with Gasteiger partial charge in [0, 0.05) is 55.6 Å². The third-order valence-electron chi connectivity index (χ3n) is 7.45. The fourth-order valence-corrected chi connectivity index (χ4v) is 6.14. The van der Waals surface area contributed by atoms with Crippen molar-refractivity contribution in [2.75, 3.05) is 6.54 Å². The van der Waals surface area contributed by atoms with Crippen LogP contribution in [0.4, 0.5) is 0 Å². The van der Waals surface area contributed by atoms with E-state index in [1.54, 1.807) is 0 Å². The van der Waals surface area contributed by atoms with E-state index in [-0.39, 0.29) is 0 Å². The molecule has 4 heterocycles. The van der Waals surface area contributed by atoms with E-state index in [1.165, 1.54) is 54.2 Å². The van der Waals surface area contributed by atoms with Crippen molar-refractivity contribution in [1.82, 2.24) is 19.4 Å². The summed E-state index contributed by atoms with van der Waals surface area (Å²) in [4.78, 5) is 10.3. The van der Waals surface area contributed by atoms with Gasteiger partial charge in [-0.15, -0.1) is 0 Å². The van der Waals surface area contributed by atoms with Crippen LogP contribution >= 0.6 is 0 Å². The highest BCUT2D eigenvalue weighted by molar-refractivity contribution is 5.23. The summed E-state index contributed by atoms with van der Waals surface area (Å²) in [5.74, 6) is 1.23. The summed E-state index contributed by atoms with van der Waals surface area (Å²) in [6.07, 6.45) is 8.68. The number of nitrogens with zero attached hydrogens (tertiary/aromatic N) is 4. The maximum absolute atomic E-state index is 5.06. The minimum atomic E-state index is 0.630. The standard InChI is InChI=1S/C25H34N4/c1-4-18(2)28-21-10-11-22(28)15-23(14-21)29-19(3)26-24-17-27(13-12-25(24)29)16-20-8-6-5-7-9-20/h4-9,21-23H,10-17H2,1-3H3/b18-4-. The maximum atomic E-state index is 5.06. The molecule has 0 N–H and O–H groups in total. The number of piperidine rings is 1. The molecule has 3 aliphatic heterocycles. The molecule has 0 saturated carbocycles. The van der Waals surface area contributed by atoms with Crippen LogP contribution in [0.3, 0.4) is 0 Å². The lowest BCUT2D eigenvalue weighted by Gasteiger charge is -2.42. The number of benzene rings is 1. The van der Waals surface area contributed by atoms with Crippen LogP contribution in [0.5, 0.6) is 0 Å². The van der Waals surface area contributed by atoms with Crippen molar-refractivity contribution in [3.8, 4) is 0 Å². The largest absolute Gasteiger partial charge is 0.369 e. The van der Waals surface area contributed by atoms with Crippen LogP contribution < -0.4 is 0 Å². The van der Waals surface area contributed by atoms with Crippen LogP contribution in [0.15, 0.2) is 42.1 Å². The molecule has 5 rings (SSSR count). The predicted octanol–water partition coefficient (Wildman–Crippen LogP) is 4.84. The van der Waals surface area contributed by atoms with E-state index >= 15 is 0 Å². The predicted molar refractivity (Wildman–Crippen MR) is 118 cm³/mol. The summed E-state index contributed by atoms with van der Waals surface area (Å²) in [6.45, 7) is 9.84. The molecule has 2 unspecified atom stereocenters. The van der Waals surface area contributed by atoms with Crippen LogP contribution in [0.2, 0.25) is 0 Å². The van der Waals surface area contributed by atoms with Gasteiger partial charge in [0.15, 0.2) is 0 Å². The normalized spacial score (nSPS) is 27.3. The Hall–Kier alpha value is -2.07. The molecule has 1 aromatic heterocycles. The first-order valence-corrected chi connectivity index (χ1v) is 11.4. The molecule has 4 nitrogen and oxygen atoms in total. The molecular weight excluding hydrogens is 356 g/mol. The molecule has 1 aromatic carbocycles. The van der Waals surface area contributed by atoms with Gasteiger partial charge in [-0.2, -0.15) is 0 Å². The number of rotatable bonds is 4. The monoisotopic (exact) mass is 390 g/mol. The molecule has 2 bridgehead atoms. The van der Waals surface area contributed by atoms with E-state index in [2.05, 4.69) is 71.5 Å². The van der Waals surface area contributed by atoms with Crippen LogP contribution in [-0.2, 0) is 19.5 Å². The van der Waals surface area contributed by atoms with Crippen LogP contribution in [0, 0.1) is 6.92 Å².